The van der Waals surface area contributed by atoms with Crippen LogP contribution >= 0.6 is 11.6 Å². The molecule has 138 valence electrons. The van der Waals surface area contributed by atoms with Gasteiger partial charge < -0.3 is 14.8 Å². The second kappa shape index (κ2) is 7.48. The maximum Gasteiger partial charge on any atom is 0.243 e. The van der Waals surface area contributed by atoms with Crippen LogP contribution < -0.4 is 14.8 Å². The van der Waals surface area contributed by atoms with Crippen LogP contribution in [-0.4, -0.2) is 50.4 Å². The molecule has 26 heavy (non-hydrogen) atoms. The van der Waals surface area contributed by atoms with E-state index in [0.717, 1.165) is 4.31 Å². The number of nitrogens with zero attached hydrogens (tertiary/aromatic N) is 2. The lowest BCUT2D eigenvalue weighted by Crippen LogP contribution is -2.35. The molecule has 1 N–H and O–H groups in total. The van der Waals surface area contributed by atoms with Gasteiger partial charge in [0.25, 0.3) is 0 Å². The van der Waals surface area contributed by atoms with Gasteiger partial charge in [-0.05, 0) is 24.3 Å². The number of pyridine rings is 1. The molecule has 0 radical (unpaired) electrons. The van der Waals surface area contributed by atoms with Gasteiger partial charge in [-0.15, -0.1) is 0 Å². The monoisotopic (exact) mass is 397 g/mol. The Bertz CT molecular complexity index is 918. The number of fused-ring (bicyclic) bond motifs is 1. The molecular formula is C16H16ClN3O5S. The van der Waals surface area contributed by atoms with Crippen LogP contribution in [0.25, 0.3) is 0 Å². The SMILES string of the molecule is CN(CC(=O)Nc1ccc(Cl)cn1)S(=O)(=O)c1ccc2c(c1)OCCO2. The fraction of sp³-hybridized carbons (Fsp3) is 0.250. The molecule has 0 bridgehead atoms. The van der Waals surface area contributed by atoms with Crippen LogP contribution in [0.15, 0.2) is 41.4 Å². The Hall–Kier alpha value is -2.36. The van der Waals surface area contributed by atoms with Gasteiger partial charge in [0.2, 0.25) is 15.9 Å². The van der Waals surface area contributed by atoms with E-state index in [9.17, 15) is 13.2 Å². The summed E-state index contributed by atoms with van der Waals surface area (Å²) in [6, 6.07) is 7.43. The van der Waals surface area contributed by atoms with Crippen LogP contribution in [0.2, 0.25) is 5.02 Å². The highest BCUT2D eigenvalue weighted by atomic mass is 35.5. The Morgan fingerprint density at radius 3 is 2.65 bits per heavy atom. The van der Waals surface area contributed by atoms with Gasteiger partial charge in [-0.3, -0.25) is 4.79 Å². The molecular weight excluding hydrogens is 382 g/mol. The van der Waals surface area contributed by atoms with Crippen molar-refractivity contribution >= 4 is 33.3 Å². The minimum absolute atomic E-state index is 0.0154. The molecule has 3 rings (SSSR count). The molecule has 8 nitrogen and oxygen atoms in total. The molecule has 1 aliphatic heterocycles. The van der Waals surface area contributed by atoms with Crippen LogP contribution in [0, 0.1) is 0 Å². The van der Waals surface area contributed by atoms with Crippen molar-refractivity contribution in [1.29, 1.82) is 0 Å². The molecule has 1 aliphatic rings. The van der Waals surface area contributed by atoms with E-state index in [1.807, 2.05) is 0 Å². The van der Waals surface area contributed by atoms with Crippen molar-refractivity contribution in [3.63, 3.8) is 0 Å². The van der Waals surface area contributed by atoms with E-state index >= 15 is 0 Å². The average Bonchev–Trinajstić information content (AvgIpc) is 2.63. The number of carbonyl (C=O) groups excluding carboxylic acids is 1. The normalized spacial score (nSPS) is 13.5. The van der Waals surface area contributed by atoms with Crippen molar-refractivity contribution < 1.29 is 22.7 Å². The fourth-order valence-corrected chi connectivity index (χ4v) is 3.54. The van der Waals surface area contributed by atoms with E-state index in [1.54, 1.807) is 6.07 Å². The molecule has 1 aromatic carbocycles. The molecule has 0 saturated heterocycles. The van der Waals surface area contributed by atoms with E-state index in [0.29, 0.717) is 29.7 Å². The first kappa shape index (κ1) is 18.4. The molecule has 0 fully saturated rings. The maximum atomic E-state index is 12.7. The summed E-state index contributed by atoms with van der Waals surface area (Å²) in [5.41, 5.74) is 0. The highest BCUT2D eigenvalue weighted by molar-refractivity contribution is 7.89. The van der Waals surface area contributed by atoms with E-state index in [-0.39, 0.29) is 17.3 Å². The summed E-state index contributed by atoms with van der Waals surface area (Å²) in [6.45, 7) is 0.391. The molecule has 0 atom stereocenters. The van der Waals surface area contributed by atoms with Gasteiger partial charge >= 0.3 is 0 Å². The minimum Gasteiger partial charge on any atom is -0.486 e. The number of aromatic nitrogens is 1. The number of halogens is 1. The van der Waals surface area contributed by atoms with Gasteiger partial charge in [0, 0.05) is 19.3 Å². The summed E-state index contributed by atoms with van der Waals surface area (Å²) < 4.78 is 37.1. The minimum atomic E-state index is -3.87. The highest BCUT2D eigenvalue weighted by Crippen LogP contribution is 2.32. The Morgan fingerprint density at radius 2 is 1.96 bits per heavy atom. The lowest BCUT2D eigenvalue weighted by Gasteiger charge is -2.21. The molecule has 0 unspecified atom stereocenters. The summed E-state index contributed by atoms with van der Waals surface area (Å²) in [5.74, 6) is 0.609. The Balaban J connectivity index is 1.70. The number of anilines is 1. The topological polar surface area (TPSA) is 97.8 Å². The molecule has 0 spiro atoms. The third-order valence-corrected chi connectivity index (χ3v) is 5.61. The zero-order valence-electron chi connectivity index (χ0n) is 13.8. The fourth-order valence-electron chi connectivity index (χ4n) is 2.28. The standard InChI is InChI=1S/C16H16ClN3O5S/c1-20(10-16(21)19-15-5-2-11(17)9-18-15)26(22,23)12-3-4-13-14(8-12)25-7-6-24-13/h2-5,8-9H,6-7,10H2,1H3,(H,18,19,21). The molecule has 2 heterocycles. The highest BCUT2D eigenvalue weighted by Gasteiger charge is 2.25. The van der Waals surface area contributed by atoms with Crippen molar-refractivity contribution in [2.45, 2.75) is 4.90 Å². The largest absolute Gasteiger partial charge is 0.486 e. The molecule has 0 saturated carbocycles. The van der Waals surface area contributed by atoms with Gasteiger partial charge in [-0.1, -0.05) is 11.6 Å². The molecule has 2 aromatic rings. The van der Waals surface area contributed by atoms with E-state index in [1.165, 1.54) is 37.5 Å². The Labute approximate surface area is 155 Å². The second-order valence-electron chi connectivity index (χ2n) is 5.48. The van der Waals surface area contributed by atoms with Crippen molar-refractivity contribution in [1.82, 2.24) is 9.29 Å². The first-order valence-electron chi connectivity index (χ1n) is 7.63. The first-order valence-corrected chi connectivity index (χ1v) is 9.45. The zero-order chi connectivity index (χ0) is 18.7. The molecule has 1 aromatic heterocycles. The summed E-state index contributed by atoms with van der Waals surface area (Å²) in [6.07, 6.45) is 1.38. The number of rotatable bonds is 5. The van der Waals surface area contributed by atoms with Gasteiger partial charge in [-0.2, -0.15) is 4.31 Å². The summed E-state index contributed by atoms with van der Waals surface area (Å²) >= 11 is 5.73. The third-order valence-electron chi connectivity index (χ3n) is 3.58. The van der Waals surface area contributed by atoms with Crippen molar-refractivity contribution in [3.8, 4) is 11.5 Å². The molecule has 0 aliphatic carbocycles. The number of carbonyl (C=O) groups is 1. The Morgan fingerprint density at radius 1 is 1.23 bits per heavy atom. The van der Waals surface area contributed by atoms with Gasteiger partial charge in [0.05, 0.1) is 16.5 Å². The number of hydrogen-bond donors (Lipinski definition) is 1. The quantitative estimate of drug-likeness (QED) is 0.825. The number of sulfonamides is 1. The molecule has 10 heteroatoms. The zero-order valence-corrected chi connectivity index (χ0v) is 15.4. The van der Waals surface area contributed by atoms with Crippen LogP contribution in [0.1, 0.15) is 0 Å². The average molecular weight is 398 g/mol. The number of benzene rings is 1. The summed E-state index contributed by atoms with van der Waals surface area (Å²) in [5, 5.41) is 2.95. The lowest BCUT2D eigenvalue weighted by molar-refractivity contribution is -0.116. The van der Waals surface area contributed by atoms with Crippen LogP contribution in [0.4, 0.5) is 5.82 Å². The lowest BCUT2D eigenvalue weighted by atomic mass is 10.3. The summed E-state index contributed by atoms with van der Waals surface area (Å²) in [7, 11) is -2.55. The van der Waals surface area contributed by atoms with Gasteiger partial charge in [0.15, 0.2) is 11.5 Å². The van der Waals surface area contributed by atoms with Crippen molar-refractivity contribution in [2.24, 2.45) is 0 Å². The predicted octanol–water partition coefficient (Wildman–Crippen LogP) is 1.77. The number of nitrogens with one attached hydrogen (secondary N) is 1. The third kappa shape index (κ3) is 4.06. The van der Waals surface area contributed by atoms with Gasteiger partial charge in [0.1, 0.15) is 19.0 Å². The van der Waals surface area contributed by atoms with Crippen LogP contribution in [-0.2, 0) is 14.8 Å². The van der Waals surface area contributed by atoms with Crippen LogP contribution in [0.5, 0.6) is 11.5 Å². The predicted molar refractivity (Wildman–Crippen MR) is 95.1 cm³/mol. The van der Waals surface area contributed by atoms with E-state index < -0.39 is 15.9 Å². The summed E-state index contributed by atoms with van der Waals surface area (Å²) in [4.78, 5) is 16.0. The number of hydrogen-bond acceptors (Lipinski definition) is 6. The second-order valence-corrected chi connectivity index (χ2v) is 7.96. The number of amides is 1. The van der Waals surface area contributed by atoms with Crippen molar-refractivity contribution in [2.75, 3.05) is 32.1 Å². The number of ether oxygens (including phenoxy) is 2. The van der Waals surface area contributed by atoms with E-state index in [2.05, 4.69) is 10.3 Å². The first-order chi connectivity index (χ1) is 12.4. The van der Waals surface area contributed by atoms with Crippen molar-refractivity contribution in [3.05, 3.63) is 41.6 Å². The number of likely N-dealkylation sites (N-methyl/N-ethyl adjacent to an activating group) is 1. The Kier molecular flexibility index (Phi) is 5.30. The smallest absolute Gasteiger partial charge is 0.243 e. The van der Waals surface area contributed by atoms with E-state index in [4.69, 9.17) is 21.1 Å². The maximum absolute atomic E-state index is 12.7. The molecule has 1 amide bonds. The van der Waals surface area contributed by atoms with Gasteiger partial charge in [-0.25, -0.2) is 13.4 Å². The van der Waals surface area contributed by atoms with Crippen LogP contribution in [0.3, 0.4) is 0 Å².